The summed E-state index contributed by atoms with van der Waals surface area (Å²) in [6.45, 7) is 3.24. The van der Waals surface area contributed by atoms with Gasteiger partial charge in [0.1, 0.15) is 17.8 Å². The van der Waals surface area contributed by atoms with Crippen LogP contribution >= 0.6 is 11.8 Å². The summed E-state index contributed by atoms with van der Waals surface area (Å²) in [4.78, 5) is 1.73. The van der Waals surface area contributed by atoms with E-state index >= 15 is 0 Å². The van der Waals surface area contributed by atoms with Gasteiger partial charge in [0.25, 0.3) is 0 Å². The molecule has 0 aliphatic carbocycles. The minimum absolute atomic E-state index is 0.284. The maximum absolute atomic E-state index is 14.4. The molecule has 1 atom stereocenters. The zero-order valence-electron chi connectivity index (χ0n) is 15.9. The van der Waals surface area contributed by atoms with Crippen molar-refractivity contribution in [3.05, 3.63) is 58.5 Å². The predicted molar refractivity (Wildman–Crippen MR) is 105 cm³/mol. The predicted octanol–water partition coefficient (Wildman–Crippen LogP) is 4.67. The van der Waals surface area contributed by atoms with Gasteiger partial charge in [-0.25, -0.2) is 4.39 Å². The Morgan fingerprint density at radius 2 is 1.96 bits per heavy atom. The largest absolute Gasteiger partial charge is 0.782 e. The highest BCUT2D eigenvalue weighted by Gasteiger charge is 2.35. The molecule has 0 bridgehead atoms. The van der Waals surface area contributed by atoms with Crippen molar-refractivity contribution in [2.75, 3.05) is 20.3 Å². The molecule has 0 N–H and O–H groups in total. The van der Waals surface area contributed by atoms with Crippen molar-refractivity contribution in [1.82, 2.24) is 5.06 Å². The quantitative estimate of drug-likeness (QED) is 0.738. The number of hydroxylamine groups is 2. The molecule has 1 saturated heterocycles. The average molecular weight is 404 g/mol. The van der Waals surface area contributed by atoms with Crippen molar-refractivity contribution in [2.45, 2.75) is 47.9 Å². The van der Waals surface area contributed by atoms with Crippen molar-refractivity contribution in [3.8, 4) is 5.75 Å². The van der Waals surface area contributed by atoms with Gasteiger partial charge in [0.15, 0.2) is 0 Å². The van der Waals surface area contributed by atoms with Crippen molar-refractivity contribution in [2.24, 2.45) is 0 Å². The summed E-state index contributed by atoms with van der Waals surface area (Å²) in [6, 6.07) is 10.8. The Bertz CT molecular complexity index is 856. The molecule has 4 rings (SSSR count). The van der Waals surface area contributed by atoms with Gasteiger partial charge in [0.2, 0.25) is 0 Å². The van der Waals surface area contributed by atoms with Gasteiger partial charge in [-0.3, -0.25) is 0 Å². The van der Waals surface area contributed by atoms with Crippen molar-refractivity contribution in [3.63, 3.8) is 0 Å². The first-order chi connectivity index (χ1) is 13.5. The number of benzene rings is 2. The molecule has 0 spiro atoms. The summed E-state index contributed by atoms with van der Waals surface area (Å²) < 4.78 is 31.4. The first-order valence-electron chi connectivity index (χ1n) is 9.34. The Balaban J connectivity index is 1.60. The number of rotatable bonds is 4. The first-order valence-corrected chi connectivity index (χ1v) is 10.2. The van der Waals surface area contributed by atoms with Crippen LogP contribution in [0.4, 0.5) is 4.39 Å². The molecule has 2 aliphatic heterocycles. The molecule has 5 nitrogen and oxygen atoms in total. The molecule has 28 heavy (non-hydrogen) atoms. The van der Waals surface area contributed by atoms with Crippen LogP contribution in [0.1, 0.15) is 30.9 Å². The smallest absolute Gasteiger partial charge is 0.138 e. The van der Waals surface area contributed by atoms with Crippen molar-refractivity contribution >= 4 is 11.8 Å². The molecule has 0 aromatic heterocycles. The average Bonchev–Trinajstić information content (AvgIpc) is 2.69. The molecule has 1 fully saturated rings. The standard InChI is InChI=1S/C21H23FNO4S/c1-14-23(24)13-15-3-4-18(12-20(15)27-14)28-19-10-16(9-17(22)11-19)21(25-2)5-7-26-8-6-21/h3-4,9-12,14H,5-8,13H2,1-2H3/q-1. The van der Waals surface area contributed by atoms with Crippen LogP contribution in [0.15, 0.2) is 46.2 Å². The number of hydrogen-bond donors (Lipinski definition) is 0. The topological polar surface area (TPSA) is 54.0 Å². The molecule has 2 aromatic carbocycles. The normalized spacial score (nSPS) is 21.8. The highest BCUT2D eigenvalue weighted by molar-refractivity contribution is 7.99. The number of fused-ring (bicyclic) bond motifs is 1. The summed E-state index contributed by atoms with van der Waals surface area (Å²) in [6.07, 6.45) is 0.893. The Kier molecular flexibility index (Phi) is 5.62. The van der Waals surface area contributed by atoms with Crippen molar-refractivity contribution < 1.29 is 18.6 Å². The number of hydrogen-bond acceptors (Lipinski definition) is 6. The Hall–Kier alpha value is -1.64. The van der Waals surface area contributed by atoms with E-state index < -0.39 is 11.8 Å². The van der Waals surface area contributed by atoms with Gasteiger partial charge < -0.3 is 24.5 Å². The van der Waals surface area contributed by atoms with Crippen LogP contribution in [0.5, 0.6) is 5.75 Å². The highest BCUT2D eigenvalue weighted by Crippen LogP contribution is 2.40. The molecule has 2 aliphatic rings. The SMILES string of the molecule is COC1(c2cc(F)cc(Sc3ccc4c(c3)OC(C)N([O-])C4)c2)CCOCC1. The summed E-state index contributed by atoms with van der Waals surface area (Å²) in [5, 5.41) is 12.6. The number of nitrogens with zero attached hydrogens (tertiary/aromatic N) is 1. The third kappa shape index (κ3) is 3.90. The molecule has 0 saturated carbocycles. The molecular weight excluding hydrogens is 381 g/mol. The third-order valence-corrected chi connectivity index (χ3v) is 6.35. The zero-order valence-corrected chi connectivity index (χ0v) is 16.8. The third-order valence-electron chi connectivity index (χ3n) is 5.39. The van der Waals surface area contributed by atoms with E-state index in [9.17, 15) is 9.60 Å². The van der Waals surface area contributed by atoms with E-state index in [1.54, 1.807) is 20.1 Å². The van der Waals surface area contributed by atoms with Gasteiger partial charge in [0, 0.05) is 55.1 Å². The van der Waals surface area contributed by atoms with Crippen LogP contribution in [0.3, 0.4) is 0 Å². The number of methoxy groups -OCH3 is 1. The maximum Gasteiger partial charge on any atom is 0.138 e. The van der Waals surface area contributed by atoms with Crippen LogP contribution in [-0.4, -0.2) is 31.6 Å². The van der Waals surface area contributed by atoms with E-state index in [1.165, 1.54) is 17.8 Å². The van der Waals surface area contributed by atoms with E-state index in [4.69, 9.17) is 14.2 Å². The van der Waals surface area contributed by atoms with E-state index in [0.717, 1.165) is 26.0 Å². The molecule has 2 aromatic rings. The molecule has 150 valence electrons. The van der Waals surface area contributed by atoms with Crippen LogP contribution in [0.25, 0.3) is 0 Å². The lowest BCUT2D eigenvalue weighted by atomic mass is 9.86. The van der Waals surface area contributed by atoms with Gasteiger partial charge >= 0.3 is 0 Å². The monoisotopic (exact) mass is 404 g/mol. The summed E-state index contributed by atoms with van der Waals surface area (Å²) in [5.74, 6) is 0.423. The van der Waals surface area contributed by atoms with Gasteiger partial charge in [-0.2, -0.15) is 0 Å². The number of ether oxygens (including phenoxy) is 3. The fourth-order valence-electron chi connectivity index (χ4n) is 3.71. The van der Waals surface area contributed by atoms with Gasteiger partial charge in [-0.15, -0.1) is 0 Å². The van der Waals surface area contributed by atoms with E-state index in [1.807, 2.05) is 24.3 Å². The summed E-state index contributed by atoms with van der Waals surface area (Å²) in [5.41, 5.74) is 1.19. The fourth-order valence-corrected chi connectivity index (χ4v) is 4.64. The zero-order chi connectivity index (χ0) is 19.7. The second kappa shape index (κ2) is 8.00. The Morgan fingerprint density at radius 3 is 2.71 bits per heavy atom. The fraction of sp³-hybridized carbons (Fsp3) is 0.429. The molecule has 7 heteroatoms. The lowest BCUT2D eigenvalue weighted by molar-refractivity contribution is -0.0950. The van der Waals surface area contributed by atoms with Crippen LogP contribution in [-0.2, 0) is 21.6 Å². The molecule has 1 unspecified atom stereocenters. The van der Waals surface area contributed by atoms with Gasteiger partial charge in [0.05, 0.1) is 5.60 Å². The van der Waals surface area contributed by atoms with Crippen LogP contribution in [0.2, 0.25) is 0 Å². The summed E-state index contributed by atoms with van der Waals surface area (Å²) in [7, 11) is 1.67. The van der Waals surface area contributed by atoms with Gasteiger partial charge in [-0.1, -0.05) is 17.8 Å². The van der Waals surface area contributed by atoms with Crippen molar-refractivity contribution in [1.29, 1.82) is 0 Å². The number of halogens is 1. The Labute approximate surface area is 168 Å². The lowest BCUT2D eigenvalue weighted by Gasteiger charge is -2.39. The molecule has 0 radical (unpaired) electrons. The van der Waals surface area contributed by atoms with E-state index in [-0.39, 0.29) is 5.82 Å². The second-order valence-electron chi connectivity index (χ2n) is 7.15. The minimum Gasteiger partial charge on any atom is -0.782 e. The van der Waals surface area contributed by atoms with Crippen LogP contribution in [0, 0.1) is 11.0 Å². The maximum atomic E-state index is 14.4. The molecule has 2 heterocycles. The Morgan fingerprint density at radius 1 is 1.18 bits per heavy atom. The molecular formula is C21H23FNO4S-. The van der Waals surface area contributed by atoms with E-state index in [0.29, 0.717) is 38.3 Å². The minimum atomic E-state index is -0.512. The summed E-state index contributed by atoms with van der Waals surface area (Å²) >= 11 is 1.47. The van der Waals surface area contributed by atoms with Crippen LogP contribution < -0.4 is 4.74 Å². The lowest BCUT2D eigenvalue weighted by Crippen LogP contribution is -2.35. The molecule has 0 amide bonds. The van der Waals surface area contributed by atoms with E-state index in [2.05, 4.69) is 0 Å². The van der Waals surface area contributed by atoms with Gasteiger partial charge in [-0.05, 0) is 42.8 Å². The highest BCUT2D eigenvalue weighted by atomic mass is 32.2. The second-order valence-corrected chi connectivity index (χ2v) is 8.30. The first kappa shape index (κ1) is 19.7.